The summed E-state index contributed by atoms with van der Waals surface area (Å²) in [5.74, 6) is 0. The topological polar surface area (TPSA) is 30.5 Å². The van der Waals surface area contributed by atoms with Gasteiger partial charge in [-0.1, -0.05) is 83.1 Å². The van der Waals surface area contributed by atoms with Gasteiger partial charge in [0.25, 0.3) is 0 Å². The third-order valence-corrected chi connectivity index (χ3v) is 20.0. The van der Waals surface area contributed by atoms with Gasteiger partial charge in [0.2, 0.25) is 0 Å². The molecule has 0 bridgehead atoms. The van der Waals surface area contributed by atoms with Crippen LogP contribution in [0.25, 0.3) is 0 Å². The van der Waals surface area contributed by atoms with Crippen LogP contribution >= 0.6 is 0 Å². The Balaban J connectivity index is 2.70. The van der Waals surface area contributed by atoms with Crippen LogP contribution < -0.4 is 5.32 Å². The molecule has 5 heteroatoms. The minimum Gasteiger partial charge on any atom is -0.414 e. The van der Waals surface area contributed by atoms with E-state index < -0.39 is 16.6 Å². The Morgan fingerprint density at radius 3 is 1.00 bits per heavy atom. The van der Waals surface area contributed by atoms with Crippen LogP contribution in [0, 0.1) is 0 Å². The van der Waals surface area contributed by atoms with Gasteiger partial charge in [-0.15, -0.1) is 0 Å². The summed E-state index contributed by atoms with van der Waals surface area (Å²) in [4.78, 5) is 0. The van der Waals surface area contributed by atoms with E-state index in [0.29, 0.717) is 45.3 Å². The third-order valence-electron chi connectivity index (χ3n) is 7.82. The minimum absolute atomic E-state index is 0.486. The van der Waals surface area contributed by atoms with Crippen LogP contribution in [0.15, 0.2) is 0 Å². The summed E-state index contributed by atoms with van der Waals surface area (Å²) in [6, 6.07) is 0.972. The van der Waals surface area contributed by atoms with Crippen molar-refractivity contribution in [1.29, 1.82) is 0 Å². The Labute approximate surface area is 185 Å². The molecule has 0 spiro atoms. The predicted molar refractivity (Wildman–Crippen MR) is 134 cm³/mol. The van der Waals surface area contributed by atoms with Crippen molar-refractivity contribution >= 4 is 16.6 Å². The van der Waals surface area contributed by atoms with Gasteiger partial charge in [0.15, 0.2) is 16.6 Å². The second kappa shape index (κ2) is 11.3. The summed E-state index contributed by atoms with van der Waals surface area (Å²) < 4.78 is 13.7. The zero-order valence-electron chi connectivity index (χ0n) is 21.8. The lowest BCUT2D eigenvalue weighted by atomic mass is 10.2. The predicted octanol–water partition coefficient (Wildman–Crippen LogP) is 7.49. The van der Waals surface area contributed by atoms with Crippen molar-refractivity contribution in [3.8, 4) is 0 Å². The molecule has 1 rings (SSSR count). The number of hydrogen-bond acceptors (Lipinski definition) is 3. The molecule has 1 aliphatic heterocycles. The molecule has 29 heavy (non-hydrogen) atoms. The number of hydrogen-bond donors (Lipinski definition) is 1. The fourth-order valence-electron chi connectivity index (χ4n) is 6.66. The van der Waals surface area contributed by atoms with Crippen molar-refractivity contribution in [3.05, 3.63) is 0 Å². The molecule has 0 aromatic heterocycles. The maximum atomic E-state index is 6.85. The molecule has 0 aromatic rings. The molecule has 1 heterocycles. The van der Waals surface area contributed by atoms with Gasteiger partial charge >= 0.3 is 0 Å². The van der Waals surface area contributed by atoms with Crippen LogP contribution in [0.3, 0.4) is 0 Å². The Bertz CT molecular complexity index is 392. The molecule has 174 valence electrons. The van der Waals surface area contributed by atoms with Crippen molar-refractivity contribution in [2.24, 2.45) is 0 Å². The van der Waals surface area contributed by atoms with E-state index in [9.17, 15) is 0 Å². The van der Waals surface area contributed by atoms with Crippen molar-refractivity contribution in [2.45, 2.75) is 141 Å². The van der Waals surface area contributed by atoms with E-state index in [1.165, 1.54) is 12.8 Å². The third kappa shape index (κ3) is 5.97. The summed E-state index contributed by atoms with van der Waals surface area (Å²) in [6.07, 6.45) is 2.43. The Morgan fingerprint density at radius 1 is 0.552 bits per heavy atom. The average Bonchev–Trinajstić information content (AvgIpc) is 3.01. The standard InChI is InChI=1S/C24H53NO2Si2/c1-17(2)28(18(3)4,19(5)6)26-15-23-13-14-24(25-23)16-27-29(20(7)8,21(9)10)22(11)12/h17-25H,13-16H2,1-12H3/t23-,24-/m1/s1. The molecular formula is C24H53NO2Si2. The van der Waals surface area contributed by atoms with Gasteiger partial charge in [-0.25, -0.2) is 0 Å². The Kier molecular flexibility index (Phi) is 10.6. The van der Waals surface area contributed by atoms with Crippen molar-refractivity contribution < 1.29 is 8.85 Å². The molecule has 1 N–H and O–H groups in total. The first-order valence-corrected chi connectivity index (χ1v) is 16.6. The fourth-order valence-corrected chi connectivity index (χ4v) is 17.6. The van der Waals surface area contributed by atoms with Crippen molar-refractivity contribution in [3.63, 3.8) is 0 Å². The van der Waals surface area contributed by atoms with Gasteiger partial charge in [-0.05, 0) is 46.1 Å². The van der Waals surface area contributed by atoms with Crippen LogP contribution in [0.4, 0.5) is 0 Å². The molecule has 0 aromatic carbocycles. The van der Waals surface area contributed by atoms with Crippen LogP contribution in [-0.2, 0) is 8.85 Å². The van der Waals surface area contributed by atoms with E-state index in [1.807, 2.05) is 0 Å². The minimum atomic E-state index is -1.77. The average molecular weight is 444 g/mol. The van der Waals surface area contributed by atoms with E-state index in [2.05, 4.69) is 88.4 Å². The SMILES string of the molecule is CC(C)[Si](OC[C@H]1CC[C@H](CO[Si](C(C)C)(C(C)C)C(C)C)N1)(C(C)C)C(C)C. The quantitative estimate of drug-likeness (QED) is 0.317. The first-order chi connectivity index (χ1) is 13.3. The maximum absolute atomic E-state index is 6.85. The lowest BCUT2D eigenvalue weighted by Crippen LogP contribution is -2.51. The van der Waals surface area contributed by atoms with E-state index >= 15 is 0 Å². The lowest BCUT2D eigenvalue weighted by Gasteiger charge is -2.43. The molecule has 0 saturated carbocycles. The molecule has 3 nitrogen and oxygen atoms in total. The summed E-state index contributed by atoms with van der Waals surface area (Å²) in [5.41, 5.74) is 3.90. The van der Waals surface area contributed by atoms with Gasteiger partial charge in [0.1, 0.15) is 0 Å². The summed E-state index contributed by atoms with van der Waals surface area (Å²) >= 11 is 0. The highest BCUT2D eigenvalue weighted by atomic mass is 28.4. The van der Waals surface area contributed by atoms with Gasteiger partial charge in [0, 0.05) is 25.3 Å². The monoisotopic (exact) mass is 443 g/mol. The highest BCUT2D eigenvalue weighted by Crippen LogP contribution is 2.43. The molecule has 1 fully saturated rings. The van der Waals surface area contributed by atoms with Crippen LogP contribution in [0.2, 0.25) is 33.2 Å². The molecule has 0 unspecified atom stereocenters. The van der Waals surface area contributed by atoms with Gasteiger partial charge < -0.3 is 14.2 Å². The highest BCUT2D eigenvalue weighted by Gasteiger charge is 2.47. The molecule has 0 radical (unpaired) electrons. The van der Waals surface area contributed by atoms with E-state index in [4.69, 9.17) is 8.85 Å². The summed E-state index contributed by atoms with van der Waals surface area (Å²) in [6.45, 7) is 30.2. The largest absolute Gasteiger partial charge is 0.414 e. The zero-order chi connectivity index (χ0) is 22.6. The maximum Gasteiger partial charge on any atom is 0.200 e. The normalized spacial score (nSPS) is 21.7. The molecule has 1 saturated heterocycles. The van der Waals surface area contributed by atoms with Crippen molar-refractivity contribution in [2.75, 3.05) is 13.2 Å². The highest BCUT2D eigenvalue weighted by molar-refractivity contribution is 6.78. The molecular weight excluding hydrogens is 390 g/mol. The second-order valence-electron chi connectivity index (χ2n) is 11.4. The molecule has 0 aliphatic carbocycles. The van der Waals surface area contributed by atoms with E-state index in [-0.39, 0.29) is 0 Å². The number of nitrogens with one attached hydrogen (secondary N) is 1. The second-order valence-corrected chi connectivity index (χ2v) is 22.3. The first-order valence-electron chi connectivity index (χ1n) is 12.4. The Hall–Kier alpha value is 0.314. The zero-order valence-corrected chi connectivity index (χ0v) is 23.8. The molecule has 1 aliphatic rings. The van der Waals surface area contributed by atoms with Crippen molar-refractivity contribution in [1.82, 2.24) is 5.32 Å². The Morgan fingerprint density at radius 2 is 0.793 bits per heavy atom. The van der Waals surface area contributed by atoms with Gasteiger partial charge in [-0.3, -0.25) is 0 Å². The first kappa shape index (κ1) is 27.3. The number of rotatable bonds is 12. The van der Waals surface area contributed by atoms with E-state index in [1.54, 1.807) is 0 Å². The van der Waals surface area contributed by atoms with E-state index in [0.717, 1.165) is 13.2 Å². The van der Waals surface area contributed by atoms with Crippen LogP contribution in [0.5, 0.6) is 0 Å². The van der Waals surface area contributed by atoms with Crippen LogP contribution in [0.1, 0.15) is 95.9 Å². The molecule has 2 atom stereocenters. The fraction of sp³-hybridized carbons (Fsp3) is 1.00. The summed E-state index contributed by atoms with van der Waals surface area (Å²) in [7, 11) is -3.55. The van der Waals surface area contributed by atoms with Crippen LogP contribution in [-0.4, -0.2) is 41.9 Å². The summed E-state index contributed by atoms with van der Waals surface area (Å²) in [5, 5.41) is 3.86. The van der Waals surface area contributed by atoms with Gasteiger partial charge in [0.05, 0.1) is 0 Å². The lowest BCUT2D eigenvalue weighted by molar-refractivity contribution is 0.220. The van der Waals surface area contributed by atoms with Gasteiger partial charge in [-0.2, -0.15) is 0 Å². The molecule has 0 amide bonds. The smallest absolute Gasteiger partial charge is 0.200 e.